The van der Waals surface area contributed by atoms with Crippen molar-refractivity contribution in [2.24, 2.45) is 5.73 Å². The van der Waals surface area contributed by atoms with Gasteiger partial charge in [-0.1, -0.05) is 6.07 Å². The van der Waals surface area contributed by atoms with Gasteiger partial charge in [0.05, 0.1) is 5.56 Å². The molecule has 0 saturated heterocycles. The molecule has 1 aromatic heterocycles. The molecule has 0 atom stereocenters. The Morgan fingerprint density at radius 1 is 1.29 bits per heavy atom. The van der Waals surface area contributed by atoms with Crippen molar-refractivity contribution in [2.45, 2.75) is 32.6 Å². The summed E-state index contributed by atoms with van der Waals surface area (Å²) < 4.78 is 40.1. The summed E-state index contributed by atoms with van der Waals surface area (Å²) in [5.74, 6) is -4.18. The number of allylic oxidation sites excluding steroid dienone is 1. The van der Waals surface area contributed by atoms with Crippen LogP contribution in [0.3, 0.4) is 0 Å². The third-order valence-electron chi connectivity index (χ3n) is 3.51. The Morgan fingerprint density at radius 3 is 2.67 bits per heavy atom. The number of nitrogens with two attached hydrogens (primary N) is 1. The van der Waals surface area contributed by atoms with Gasteiger partial charge in [-0.25, -0.2) is 13.2 Å². The standard InChI is InChI=1S/C18H20F3N3/c1-12-3-5-14(23-10-12)6-4-13(22)11-24-15-7-8-17(19)16(9-15)18(2,20)21/h3,5,7-11,24H,4,6,22H2,1-2H3/b13-11-. The topological polar surface area (TPSA) is 50.9 Å². The molecule has 24 heavy (non-hydrogen) atoms. The van der Waals surface area contributed by atoms with E-state index < -0.39 is 17.3 Å². The first-order chi connectivity index (χ1) is 11.3. The fraction of sp³-hybridized carbons (Fsp3) is 0.278. The summed E-state index contributed by atoms with van der Waals surface area (Å²) in [5.41, 5.74) is 8.16. The maximum absolute atomic E-state index is 13.4. The molecule has 2 rings (SSSR count). The van der Waals surface area contributed by atoms with Gasteiger partial charge in [0.1, 0.15) is 5.82 Å². The van der Waals surface area contributed by atoms with Crippen LogP contribution in [0.1, 0.15) is 30.2 Å². The van der Waals surface area contributed by atoms with Gasteiger partial charge in [-0.05, 0) is 49.6 Å². The highest BCUT2D eigenvalue weighted by Gasteiger charge is 2.28. The van der Waals surface area contributed by atoms with Crippen LogP contribution in [0.5, 0.6) is 0 Å². The minimum Gasteiger partial charge on any atom is -0.401 e. The highest BCUT2D eigenvalue weighted by Crippen LogP contribution is 2.31. The maximum atomic E-state index is 13.4. The summed E-state index contributed by atoms with van der Waals surface area (Å²) in [6.45, 7) is 2.62. The quantitative estimate of drug-likeness (QED) is 0.818. The van der Waals surface area contributed by atoms with Gasteiger partial charge in [0.15, 0.2) is 0 Å². The van der Waals surface area contributed by atoms with Crippen LogP contribution >= 0.6 is 0 Å². The van der Waals surface area contributed by atoms with Gasteiger partial charge in [0.2, 0.25) is 0 Å². The van der Waals surface area contributed by atoms with E-state index >= 15 is 0 Å². The molecule has 0 aliphatic carbocycles. The van der Waals surface area contributed by atoms with E-state index in [0.29, 0.717) is 31.1 Å². The molecule has 0 aliphatic rings. The second kappa shape index (κ2) is 7.38. The van der Waals surface area contributed by atoms with Gasteiger partial charge < -0.3 is 11.1 Å². The lowest BCUT2D eigenvalue weighted by atomic mass is 10.1. The van der Waals surface area contributed by atoms with Gasteiger partial charge in [-0.15, -0.1) is 0 Å². The summed E-state index contributed by atoms with van der Waals surface area (Å²) >= 11 is 0. The molecule has 0 fully saturated rings. The Hall–Kier alpha value is -2.50. The highest BCUT2D eigenvalue weighted by atomic mass is 19.3. The minimum absolute atomic E-state index is 0.351. The number of nitrogens with zero attached hydrogens (tertiary/aromatic N) is 1. The SMILES string of the molecule is Cc1ccc(CC/C(N)=C/Nc2ccc(F)c(C(C)(F)F)c2)nc1. The molecule has 0 bridgehead atoms. The molecule has 0 radical (unpaired) electrons. The molecule has 2 aromatic rings. The average Bonchev–Trinajstić information content (AvgIpc) is 2.52. The van der Waals surface area contributed by atoms with Crippen molar-refractivity contribution in [2.75, 3.05) is 5.32 Å². The van der Waals surface area contributed by atoms with Crippen molar-refractivity contribution in [1.82, 2.24) is 4.98 Å². The number of benzene rings is 1. The lowest BCUT2D eigenvalue weighted by Gasteiger charge is -2.13. The zero-order valence-corrected chi connectivity index (χ0v) is 13.6. The third-order valence-corrected chi connectivity index (χ3v) is 3.51. The average molecular weight is 335 g/mol. The number of nitrogens with one attached hydrogen (secondary N) is 1. The lowest BCUT2D eigenvalue weighted by molar-refractivity contribution is 0.0138. The van der Waals surface area contributed by atoms with Crippen LogP contribution in [0.25, 0.3) is 0 Å². The second-order valence-electron chi connectivity index (χ2n) is 5.77. The molecule has 0 aliphatic heterocycles. The number of rotatable bonds is 6. The van der Waals surface area contributed by atoms with E-state index in [0.717, 1.165) is 23.4 Å². The smallest absolute Gasteiger partial charge is 0.273 e. The largest absolute Gasteiger partial charge is 0.401 e. The molecule has 0 spiro atoms. The van der Waals surface area contributed by atoms with Crippen molar-refractivity contribution < 1.29 is 13.2 Å². The number of halogens is 3. The molecule has 0 unspecified atom stereocenters. The van der Waals surface area contributed by atoms with E-state index in [9.17, 15) is 13.2 Å². The molecule has 0 saturated carbocycles. The van der Waals surface area contributed by atoms with E-state index in [1.165, 1.54) is 12.3 Å². The van der Waals surface area contributed by atoms with E-state index in [1.807, 2.05) is 19.1 Å². The number of aromatic nitrogens is 1. The molecule has 3 nitrogen and oxygen atoms in total. The Kier molecular flexibility index (Phi) is 5.49. The number of hydrogen-bond donors (Lipinski definition) is 2. The van der Waals surface area contributed by atoms with E-state index in [4.69, 9.17) is 5.73 Å². The fourth-order valence-electron chi connectivity index (χ4n) is 2.12. The first-order valence-corrected chi connectivity index (χ1v) is 7.56. The van der Waals surface area contributed by atoms with Gasteiger partial charge in [-0.3, -0.25) is 4.98 Å². The van der Waals surface area contributed by atoms with Crippen molar-refractivity contribution >= 4 is 5.69 Å². The van der Waals surface area contributed by atoms with Crippen LogP contribution in [-0.4, -0.2) is 4.98 Å². The zero-order chi connectivity index (χ0) is 17.7. The number of anilines is 1. The maximum Gasteiger partial charge on any atom is 0.273 e. The van der Waals surface area contributed by atoms with Crippen molar-refractivity contribution in [3.05, 3.63) is 71.1 Å². The molecular formula is C18H20F3N3. The first-order valence-electron chi connectivity index (χ1n) is 7.56. The van der Waals surface area contributed by atoms with Crippen molar-refractivity contribution in [3.63, 3.8) is 0 Å². The number of hydrogen-bond acceptors (Lipinski definition) is 3. The minimum atomic E-state index is -3.24. The Balaban J connectivity index is 1.98. The second-order valence-corrected chi connectivity index (χ2v) is 5.77. The van der Waals surface area contributed by atoms with Crippen LogP contribution in [0, 0.1) is 12.7 Å². The predicted octanol–water partition coefficient (Wildman–Crippen LogP) is 4.49. The van der Waals surface area contributed by atoms with Crippen LogP contribution in [0.2, 0.25) is 0 Å². The lowest BCUT2D eigenvalue weighted by Crippen LogP contribution is -2.10. The Bertz CT molecular complexity index is 719. The van der Waals surface area contributed by atoms with E-state index in [1.54, 1.807) is 6.20 Å². The van der Waals surface area contributed by atoms with Crippen molar-refractivity contribution in [1.29, 1.82) is 0 Å². The summed E-state index contributed by atoms with van der Waals surface area (Å²) in [6, 6.07) is 7.39. The number of pyridine rings is 1. The molecule has 1 heterocycles. The van der Waals surface area contributed by atoms with Gasteiger partial charge >= 0.3 is 0 Å². The van der Waals surface area contributed by atoms with E-state index in [2.05, 4.69) is 10.3 Å². The van der Waals surface area contributed by atoms with Gasteiger partial charge in [0, 0.05) is 36.4 Å². The number of aryl methyl sites for hydroxylation is 2. The van der Waals surface area contributed by atoms with Crippen LogP contribution in [0.4, 0.5) is 18.9 Å². The van der Waals surface area contributed by atoms with Crippen molar-refractivity contribution in [3.8, 4) is 0 Å². The van der Waals surface area contributed by atoms with Crippen LogP contribution in [-0.2, 0) is 12.3 Å². The monoisotopic (exact) mass is 335 g/mol. The summed E-state index contributed by atoms with van der Waals surface area (Å²) in [6.07, 6.45) is 4.56. The molecule has 1 aromatic carbocycles. The molecule has 3 N–H and O–H groups in total. The molecular weight excluding hydrogens is 315 g/mol. The fourth-order valence-corrected chi connectivity index (χ4v) is 2.12. The molecule has 128 valence electrons. The van der Waals surface area contributed by atoms with Crippen LogP contribution in [0.15, 0.2) is 48.4 Å². The normalized spacial score (nSPS) is 12.3. The zero-order valence-electron chi connectivity index (χ0n) is 13.6. The number of alkyl halides is 2. The summed E-state index contributed by atoms with van der Waals surface area (Å²) in [4.78, 5) is 4.29. The Morgan fingerprint density at radius 2 is 2.04 bits per heavy atom. The Labute approximate surface area is 139 Å². The third kappa shape index (κ3) is 5.01. The van der Waals surface area contributed by atoms with Gasteiger partial charge in [-0.2, -0.15) is 0 Å². The summed E-state index contributed by atoms with van der Waals surface area (Å²) in [7, 11) is 0. The van der Waals surface area contributed by atoms with Gasteiger partial charge in [0.25, 0.3) is 5.92 Å². The van der Waals surface area contributed by atoms with E-state index in [-0.39, 0.29) is 0 Å². The molecule has 0 amide bonds. The predicted molar refractivity (Wildman–Crippen MR) is 89.2 cm³/mol. The molecule has 6 heteroatoms. The van der Waals surface area contributed by atoms with Crippen LogP contribution < -0.4 is 11.1 Å². The highest BCUT2D eigenvalue weighted by molar-refractivity contribution is 5.49. The first kappa shape index (κ1) is 17.8. The summed E-state index contributed by atoms with van der Waals surface area (Å²) in [5, 5.41) is 2.82.